The van der Waals surface area contributed by atoms with E-state index in [1.165, 1.54) is 11.8 Å². The molecule has 5 heteroatoms. The van der Waals surface area contributed by atoms with Gasteiger partial charge in [-0.15, -0.1) is 11.8 Å². The summed E-state index contributed by atoms with van der Waals surface area (Å²) in [5.74, 6) is 0.477. The SMILES string of the molecule is CCOC(=O)CSCC(O)c1ccc(N)cc1. The van der Waals surface area contributed by atoms with Gasteiger partial charge >= 0.3 is 5.97 Å². The van der Waals surface area contributed by atoms with Gasteiger partial charge < -0.3 is 15.6 Å². The summed E-state index contributed by atoms with van der Waals surface area (Å²) in [5, 5.41) is 9.84. The van der Waals surface area contributed by atoms with Gasteiger partial charge in [-0.05, 0) is 24.6 Å². The quantitative estimate of drug-likeness (QED) is 0.596. The van der Waals surface area contributed by atoms with E-state index in [1.807, 2.05) is 0 Å². The molecule has 0 saturated heterocycles. The zero-order valence-corrected chi connectivity index (χ0v) is 10.6. The van der Waals surface area contributed by atoms with Crippen LogP contribution < -0.4 is 5.73 Å². The maximum atomic E-state index is 11.1. The Bertz CT molecular complexity index is 353. The van der Waals surface area contributed by atoms with Crippen LogP contribution in [0.5, 0.6) is 0 Å². The number of benzene rings is 1. The van der Waals surface area contributed by atoms with Gasteiger partial charge in [0.25, 0.3) is 0 Å². The van der Waals surface area contributed by atoms with E-state index >= 15 is 0 Å². The minimum atomic E-state index is -0.588. The zero-order valence-electron chi connectivity index (χ0n) is 9.76. The number of esters is 1. The van der Waals surface area contributed by atoms with Crippen LogP contribution in [0.2, 0.25) is 0 Å². The van der Waals surface area contributed by atoms with E-state index in [4.69, 9.17) is 10.5 Å². The third-order valence-electron chi connectivity index (χ3n) is 2.12. The maximum absolute atomic E-state index is 11.1. The van der Waals surface area contributed by atoms with Crippen LogP contribution in [0.1, 0.15) is 18.6 Å². The number of nitrogens with two attached hydrogens (primary N) is 1. The molecule has 1 aromatic rings. The van der Waals surface area contributed by atoms with Crippen molar-refractivity contribution >= 4 is 23.4 Å². The van der Waals surface area contributed by atoms with Gasteiger partial charge in [0.15, 0.2) is 0 Å². The highest BCUT2D eigenvalue weighted by Gasteiger charge is 2.09. The van der Waals surface area contributed by atoms with Crippen molar-refractivity contribution < 1.29 is 14.6 Å². The highest BCUT2D eigenvalue weighted by atomic mass is 32.2. The van der Waals surface area contributed by atoms with E-state index in [-0.39, 0.29) is 11.7 Å². The summed E-state index contributed by atoms with van der Waals surface area (Å²) in [6.07, 6.45) is -0.588. The number of hydrogen-bond donors (Lipinski definition) is 2. The number of hydrogen-bond acceptors (Lipinski definition) is 5. The van der Waals surface area contributed by atoms with Crippen molar-refractivity contribution in [3.63, 3.8) is 0 Å². The molecule has 1 rings (SSSR count). The maximum Gasteiger partial charge on any atom is 0.315 e. The van der Waals surface area contributed by atoms with Crippen LogP contribution in [0.25, 0.3) is 0 Å². The summed E-state index contributed by atoms with van der Waals surface area (Å²) < 4.78 is 4.79. The van der Waals surface area contributed by atoms with Crippen molar-refractivity contribution in [2.75, 3.05) is 23.8 Å². The van der Waals surface area contributed by atoms with Crippen LogP contribution in [0, 0.1) is 0 Å². The standard InChI is InChI=1S/C12H17NO3S/c1-2-16-12(15)8-17-7-11(14)9-3-5-10(13)6-4-9/h3-6,11,14H,2,7-8,13H2,1H3. The van der Waals surface area contributed by atoms with Gasteiger partial charge in [0.1, 0.15) is 0 Å². The van der Waals surface area contributed by atoms with Gasteiger partial charge in [-0.2, -0.15) is 0 Å². The number of nitrogen functional groups attached to an aromatic ring is 1. The predicted molar refractivity (Wildman–Crippen MR) is 69.8 cm³/mol. The van der Waals surface area contributed by atoms with Crippen LogP contribution in [-0.4, -0.2) is 29.2 Å². The van der Waals surface area contributed by atoms with E-state index in [0.717, 1.165) is 5.56 Å². The van der Waals surface area contributed by atoms with Crippen LogP contribution in [-0.2, 0) is 9.53 Å². The molecule has 4 nitrogen and oxygen atoms in total. The summed E-state index contributed by atoms with van der Waals surface area (Å²) in [6, 6.07) is 7.05. The summed E-state index contributed by atoms with van der Waals surface area (Å²) >= 11 is 1.35. The number of anilines is 1. The number of carbonyl (C=O) groups is 1. The van der Waals surface area contributed by atoms with Gasteiger partial charge in [0.2, 0.25) is 0 Å². The molecule has 0 aromatic heterocycles. The Morgan fingerprint density at radius 2 is 2.12 bits per heavy atom. The average Bonchev–Trinajstić information content (AvgIpc) is 2.30. The lowest BCUT2D eigenvalue weighted by Crippen LogP contribution is -2.09. The second-order valence-electron chi connectivity index (χ2n) is 3.50. The monoisotopic (exact) mass is 255 g/mol. The van der Waals surface area contributed by atoms with E-state index in [1.54, 1.807) is 31.2 Å². The van der Waals surface area contributed by atoms with Gasteiger partial charge in [-0.1, -0.05) is 12.1 Å². The van der Waals surface area contributed by atoms with Crippen LogP contribution >= 0.6 is 11.8 Å². The number of ether oxygens (including phenoxy) is 1. The van der Waals surface area contributed by atoms with E-state index < -0.39 is 6.10 Å². The van der Waals surface area contributed by atoms with E-state index in [0.29, 0.717) is 18.0 Å². The lowest BCUT2D eigenvalue weighted by Gasteiger charge is -2.10. The summed E-state index contributed by atoms with van der Waals surface area (Å²) in [6.45, 7) is 2.16. The van der Waals surface area contributed by atoms with Crippen LogP contribution in [0.4, 0.5) is 5.69 Å². The largest absolute Gasteiger partial charge is 0.465 e. The second kappa shape index (κ2) is 7.19. The summed E-state index contributed by atoms with van der Waals surface area (Å²) in [4.78, 5) is 11.1. The summed E-state index contributed by atoms with van der Waals surface area (Å²) in [5.41, 5.74) is 7.02. The predicted octanol–water partition coefficient (Wildman–Crippen LogP) is 1.60. The third-order valence-corrected chi connectivity index (χ3v) is 3.11. The smallest absolute Gasteiger partial charge is 0.315 e. The van der Waals surface area contributed by atoms with Gasteiger partial charge in [0, 0.05) is 11.4 Å². The van der Waals surface area contributed by atoms with Crippen molar-refractivity contribution in [3.8, 4) is 0 Å². The van der Waals surface area contributed by atoms with E-state index in [2.05, 4.69) is 0 Å². The number of aliphatic hydroxyl groups is 1. The minimum absolute atomic E-state index is 0.248. The first-order chi connectivity index (χ1) is 8.13. The molecule has 0 fully saturated rings. The highest BCUT2D eigenvalue weighted by molar-refractivity contribution is 7.99. The number of rotatable bonds is 6. The Morgan fingerprint density at radius 1 is 1.47 bits per heavy atom. The molecule has 0 aliphatic rings. The normalized spacial score (nSPS) is 12.1. The third kappa shape index (κ3) is 5.10. The number of carbonyl (C=O) groups excluding carboxylic acids is 1. The molecule has 0 saturated carbocycles. The van der Waals surface area contributed by atoms with Crippen molar-refractivity contribution in [3.05, 3.63) is 29.8 Å². The molecule has 3 N–H and O–H groups in total. The lowest BCUT2D eigenvalue weighted by atomic mass is 10.1. The number of thioether (sulfide) groups is 1. The second-order valence-corrected chi connectivity index (χ2v) is 4.53. The molecule has 0 aliphatic carbocycles. The fourth-order valence-electron chi connectivity index (χ4n) is 1.27. The first-order valence-corrected chi connectivity index (χ1v) is 6.55. The van der Waals surface area contributed by atoms with Crippen LogP contribution in [0.15, 0.2) is 24.3 Å². The topological polar surface area (TPSA) is 72.5 Å². The molecule has 1 aromatic carbocycles. The molecule has 17 heavy (non-hydrogen) atoms. The van der Waals surface area contributed by atoms with Crippen molar-refractivity contribution in [1.82, 2.24) is 0 Å². The molecule has 0 spiro atoms. The zero-order chi connectivity index (χ0) is 12.7. The fourth-order valence-corrected chi connectivity index (χ4v) is 2.05. The first-order valence-electron chi connectivity index (χ1n) is 5.40. The first kappa shape index (κ1) is 13.9. The van der Waals surface area contributed by atoms with Crippen molar-refractivity contribution in [2.24, 2.45) is 0 Å². The summed E-state index contributed by atoms with van der Waals surface area (Å²) in [7, 11) is 0. The number of aliphatic hydroxyl groups excluding tert-OH is 1. The van der Waals surface area contributed by atoms with Crippen molar-refractivity contribution in [2.45, 2.75) is 13.0 Å². The molecule has 0 aliphatic heterocycles. The lowest BCUT2D eigenvalue weighted by molar-refractivity contribution is -0.139. The molecule has 0 amide bonds. The molecule has 0 heterocycles. The molecule has 94 valence electrons. The molecule has 0 radical (unpaired) electrons. The Kier molecular flexibility index (Phi) is 5.86. The van der Waals surface area contributed by atoms with E-state index in [9.17, 15) is 9.90 Å². The molecular formula is C12H17NO3S. The fraction of sp³-hybridized carbons (Fsp3) is 0.417. The molecule has 1 atom stereocenters. The average molecular weight is 255 g/mol. The Morgan fingerprint density at radius 3 is 2.71 bits per heavy atom. The minimum Gasteiger partial charge on any atom is -0.465 e. The van der Waals surface area contributed by atoms with Gasteiger partial charge in [0.05, 0.1) is 18.5 Å². The van der Waals surface area contributed by atoms with Crippen LogP contribution in [0.3, 0.4) is 0 Å². The highest BCUT2D eigenvalue weighted by Crippen LogP contribution is 2.19. The molecule has 0 bridgehead atoms. The van der Waals surface area contributed by atoms with Gasteiger partial charge in [-0.3, -0.25) is 4.79 Å². The molecular weight excluding hydrogens is 238 g/mol. The Hall–Kier alpha value is -1.20. The Balaban J connectivity index is 2.32. The molecule has 1 unspecified atom stereocenters. The van der Waals surface area contributed by atoms with Gasteiger partial charge in [-0.25, -0.2) is 0 Å². The Labute approximate surface area is 105 Å². The van der Waals surface area contributed by atoms with Crippen molar-refractivity contribution in [1.29, 1.82) is 0 Å².